The fraction of sp³-hybridized carbons (Fsp3) is 0.625. The van der Waals surface area contributed by atoms with Gasteiger partial charge in [-0.2, -0.15) is 0 Å². The predicted octanol–water partition coefficient (Wildman–Crippen LogP) is 4.43. The van der Waals surface area contributed by atoms with E-state index in [4.69, 9.17) is 0 Å². The summed E-state index contributed by atoms with van der Waals surface area (Å²) < 4.78 is 0. The average molecular weight is 231 g/mol. The molecule has 0 fully saturated rings. The zero-order chi connectivity index (χ0) is 12.6. The predicted molar refractivity (Wildman–Crippen MR) is 75.7 cm³/mol. The third-order valence-corrected chi connectivity index (χ3v) is 3.86. The smallest absolute Gasteiger partial charge is 0.0403 e. The molecule has 0 radical (unpaired) electrons. The fourth-order valence-corrected chi connectivity index (χ4v) is 3.18. The van der Waals surface area contributed by atoms with E-state index in [1.807, 2.05) is 0 Å². The third kappa shape index (κ3) is 2.48. The van der Waals surface area contributed by atoms with Crippen LogP contribution in [0.4, 0.5) is 5.69 Å². The summed E-state index contributed by atoms with van der Waals surface area (Å²) in [6.07, 6.45) is 1.27. The van der Waals surface area contributed by atoms with Crippen LogP contribution in [-0.2, 0) is 0 Å². The molecule has 1 aliphatic heterocycles. The lowest BCUT2D eigenvalue weighted by Gasteiger charge is -2.35. The van der Waals surface area contributed by atoms with Gasteiger partial charge in [-0.05, 0) is 43.2 Å². The minimum atomic E-state index is 0.392. The van der Waals surface area contributed by atoms with Crippen molar-refractivity contribution in [3.8, 4) is 0 Å². The highest BCUT2D eigenvalue weighted by Gasteiger charge is 2.31. The Morgan fingerprint density at radius 3 is 2.53 bits per heavy atom. The van der Waals surface area contributed by atoms with Crippen LogP contribution in [0.3, 0.4) is 0 Å². The molecular formula is C16H25N. The van der Waals surface area contributed by atoms with Gasteiger partial charge in [-0.1, -0.05) is 39.0 Å². The van der Waals surface area contributed by atoms with E-state index < -0.39 is 0 Å². The van der Waals surface area contributed by atoms with Crippen LogP contribution >= 0.6 is 0 Å². The van der Waals surface area contributed by atoms with E-state index in [9.17, 15) is 0 Å². The number of para-hydroxylation sites is 1. The number of hydrogen-bond acceptors (Lipinski definition) is 1. The van der Waals surface area contributed by atoms with Gasteiger partial charge in [0.2, 0.25) is 0 Å². The third-order valence-electron chi connectivity index (χ3n) is 3.86. The molecule has 0 amide bonds. The molecule has 1 aromatic carbocycles. The molecule has 94 valence electrons. The SMILES string of the molecule is CC1CC(C)(C)CN(C(C)C)c2ccccc21. The Morgan fingerprint density at radius 1 is 1.24 bits per heavy atom. The Balaban J connectivity index is 2.49. The highest BCUT2D eigenvalue weighted by atomic mass is 15.2. The van der Waals surface area contributed by atoms with E-state index in [-0.39, 0.29) is 0 Å². The number of hydrogen-bond donors (Lipinski definition) is 0. The summed E-state index contributed by atoms with van der Waals surface area (Å²) in [5, 5.41) is 0. The van der Waals surface area contributed by atoms with Crippen LogP contribution in [0.25, 0.3) is 0 Å². The Kier molecular flexibility index (Phi) is 3.20. The first-order valence-electron chi connectivity index (χ1n) is 6.76. The number of rotatable bonds is 1. The molecule has 1 atom stereocenters. The van der Waals surface area contributed by atoms with Crippen molar-refractivity contribution in [2.24, 2.45) is 5.41 Å². The van der Waals surface area contributed by atoms with Crippen LogP contribution in [0.1, 0.15) is 52.5 Å². The minimum Gasteiger partial charge on any atom is -0.368 e. The van der Waals surface area contributed by atoms with Crippen molar-refractivity contribution < 1.29 is 0 Å². The largest absolute Gasteiger partial charge is 0.368 e. The van der Waals surface area contributed by atoms with Crippen molar-refractivity contribution in [1.29, 1.82) is 0 Å². The maximum absolute atomic E-state index is 2.57. The van der Waals surface area contributed by atoms with Gasteiger partial charge >= 0.3 is 0 Å². The van der Waals surface area contributed by atoms with Crippen molar-refractivity contribution in [2.75, 3.05) is 11.4 Å². The van der Waals surface area contributed by atoms with Crippen molar-refractivity contribution in [3.05, 3.63) is 29.8 Å². The van der Waals surface area contributed by atoms with Gasteiger partial charge in [0, 0.05) is 18.3 Å². The van der Waals surface area contributed by atoms with Gasteiger partial charge in [0.05, 0.1) is 0 Å². The average Bonchev–Trinajstić information content (AvgIpc) is 2.34. The van der Waals surface area contributed by atoms with E-state index in [1.54, 1.807) is 0 Å². The summed E-state index contributed by atoms with van der Waals surface area (Å²) in [5.74, 6) is 0.657. The molecule has 2 rings (SSSR count). The zero-order valence-electron chi connectivity index (χ0n) is 11.8. The van der Waals surface area contributed by atoms with Gasteiger partial charge in [-0.3, -0.25) is 0 Å². The molecule has 17 heavy (non-hydrogen) atoms. The highest BCUT2D eigenvalue weighted by molar-refractivity contribution is 5.56. The Labute approximate surface area is 106 Å². The highest BCUT2D eigenvalue weighted by Crippen LogP contribution is 2.41. The summed E-state index contributed by atoms with van der Waals surface area (Å²) in [6.45, 7) is 12.9. The second-order valence-electron chi connectivity index (χ2n) is 6.55. The molecule has 1 heterocycles. The first-order valence-corrected chi connectivity index (χ1v) is 6.76. The first kappa shape index (κ1) is 12.5. The van der Waals surface area contributed by atoms with E-state index in [1.165, 1.54) is 17.7 Å². The monoisotopic (exact) mass is 231 g/mol. The lowest BCUT2D eigenvalue weighted by molar-refractivity contribution is 0.317. The Bertz CT molecular complexity index is 392. The van der Waals surface area contributed by atoms with E-state index >= 15 is 0 Å². The molecule has 0 N–H and O–H groups in total. The number of nitrogens with zero attached hydrogens (tertiary/aromatic N) is 1. The summed E-state index contributed by atoms with van der Waals surface area (Å²) in [6, 6.07) is 9.50. The minimum absolute atomic E-state index is 0.392. The van der Waals surface area contributed by atoms with E-state index in [0.717, 1.165) is 6.54 Å². The number of fused-ring (bicyclic) bond motifs is 1. The number of benzene rings is 1. The molecule has 0 bridgehead atoms. The molecule has 1 aromatic rings. The van der Waals surface area contributed by atoms with Crippen molar-refractivity contribution in [3.63, 3.8) is 0 Å². The molecule has 0 saturated heterocycles. The molecule has 1 heteroatoms. The summed E-state index contributed by atoms with van der Waals surface area (Å²) in [5.41, 5.74) is 3.36. The topological polar surface area (TPSA) is 3.24 Å². The maximum atomic E-state index is 2.57. The summed E-state index contributed by atoms with van der Waals surface area (Å²) in [7, 11) is 0. The van der Waals surface area contributed by atoms with E-state index in [0.29, 0.717) is 17.4 Å². The van der Waals surface area contributed by atoms with Crippen LogP contribution < -0.4 is 4.90 Å². The summed E-state index contributed by atoms with van der Waals surface area (Å²) >= 11 is 0. The lowest BCUT2D eigenvalue weighted by Crippen LogP contribution is -2.38. The van der Waals surface area contributed by atoms with Crippen molar-refractivity contribution in [1.82, 2.24) is 0 Å². The van der Waals surface area contributed by atoms with E-state index in [2.05, 4.69) is 63.8 Å². The van der Waals surface area contributed by atoms with Crippen LogP contribution in [0.5, 0.6) is 0 Å². The second-order valence-corrected chi connectivity index (χ2v) is 6.55. The molecule has 1 unspecified atom stereocenters. The lowest BCUT2D eigenvalue weighted by atomic mass is 9.82. The molecule has 0 spiro atoms. The Morgan fingerprint density at radius 2 is 1.88 bits per heavy atom. The van der Waals surface area contributed by atoms with Crippen LogP contribution in [0.2, 0.25) is 0 Å². The first-order chi connectivity index (χ1) is 7.91. The van der Waals surface area contributed by atoms with Gasteiger partial charge in [0.15, 0.2) is 0 Å². The quantitative estimate of drug-likeness (QED) is 0.691. The summed E-state index contributed by atoms with van der Waals surface area (Å²) in [4.78, 5) is 2.57. The van der Waals surface area contributed by atoms with Gasteiger partial charge in [-0.25, -0.2) is 0 Å². The van der Waals surface area contributed by atoms with Gasteiger partial charge in [-0.15, -0.1) is 0 Å². The molecule has 0 aromatic heterocycles. The van der Waals surface area contributed by atoms with Crippen molar-refractivity contribution >= 4 is 5.69 Å². The zero-order valence-corrected chi connectivity index (χ0v) is 11.8. The molecule has 1 nitrogen and oxygen atoms in total. The second kappa shape index (κ2) is 4.36. The van der Waals surface area contributed by atoms with Gasteiger partial charge in [0.25, 0.3) is 0 Å². The Hall–Kier alpha value is -0.980. The van der Waals surface area contributed by atoms with Gasteiger partial charge < -0.3 is 4.90 Å². The van der Waals surface area contributed by atoms with Crippen LogP contribution in [0, 0.1) is 5.41 Å². The molecule has 0 aliphatic carbocycles. The standard InChI is InChI=1S/C16H25N/c1-12(2)17-11-16(4,5)10-13(3)14-8-6-7-9-15(14)17/h6-9,12-13H,10-11H2,1-5H3. The maximum Gasteiger partial charge on any atom is 0.0403 e. The molecule has 1 aliphatic rings. The van der Waals surface area contributed by atoms with Gasteiger partial charge in [0.1, 0.15) is 0 Å². The van der Waals surface area contributed by atoms with Crippen LogP contribution in [-0.4, -0.2) is 12.6 Å². The van der Waals surface area contributed by atoms with Crippen molar-refractivity contribution in [2.45, 2.75) is 53.0 Å². The molecule has 0 saturated carbocycles. The fourth-order valence-electron chi connectivity index (χ4n) is 3.18. The number of anilines is 1. The van der Waals surface area contributed by atoms with Crippen LogP contribution in [0.15, 0.2) is 24.3 Å². The molecular weight excluding hydrogens is 206 g/mol. The normalized spacial score (nSPS) is 23.4.